The third-order valence-corrected chi connectivity index (χ3v) is 3.53. The van der Waals surface area contributed by atoms with E-state index in [9.17, 15) is 9.18 Å². The first-order valence-corrected chi connectivity index (χ1v) is 7.27. The maximum Gasteiger partial charge on any atom is 0.255 e. The molecule has 0 aliphatic rings. The van der Waals surface area contributed by atoms with Crippen molar-refractivity contribution in [2.75, 3.05) is 19.4 Å². The van der Waals surface area contributed by atoms with Crippen molar-refractivity contribution >= 4 is 27.5 Å². The van der Waals surface area contributed by atoms with E-state index in [0.717, 1.165) is 4.47 Å². The number of nitrogens with zero attached hydrogens (tertiary/aromatic N) is 1. The lowest BCUT2D eigenvalue weighted by atomic mass is 10.1. The molecule has 0 aliphatic carbocycles. The van der Waals surface area contributed by atoms with E-state index in [1.54, 1.807) is 32.3 Å². The maximum absolute atomic E-state index is 13.7. The minimum absolute atomic E-state index is 0.0900. The second-order valence-corrected chi connectivity index (χ2v) is 5.75. The van der Waals surface area contributed by atoms with Crippen LogP contribution < -0.4 is 5.32 Å². The van der Waals surface area contributed by atoms with Crippen molar-refractivity contribution in [3.63, 3.8) is 0 Å². The fourth-order valence-corrected chi connectivity index (χ4v) is 2.34. The maximum atomic E-state index is 13.7. The highest BCUT2D eigenvalue weighted by Gasteiger charge is 2.13. The topological polar surface area (TPSA) is 32.3 Å². The monoisotopic (exact) mass is 350 g/mol. The minimum atomic E-state index is -0.276. The van der Waals surface area contributed by atoms with E-state index in [4.69, 9.17) is 0 Å². The van der Waals surface area contributed by atoms with Gasteiger partial charge in [-0.1, -0.05) is 28.1 Å². The van der Waals surface area contributed by atoms with Crippen LogP contribution >= 0.6 is 15.9 Å². The lowest BCUT2D eigenvalue weighted by molar-refractivity contribution is 0.0828. The number of amides is 1. The quantitative estimate of drug-likeness (QED) is 0.906. The predicted molar refractivity (Wildman–Crippen MR) is 85.9 cm³/mol. The molecule has 0 atom stereocenters. The van der Waals surface area contributed by atoms with Crippen LogP contribution in [0.3, 0.4) is 0 Å². The van der Waals surface area contributed by atoms with Crippen molar-refractivity contribution in [1.29, 1.82) is 0 Å². The summed E-state index contributed by atoms with van der Waals surface area (Å²) in [6, 6.07) is 12.0. The van der Waals surface area contributed by atoms with Crippen LogP contribution in [0.5, 0.6) is 0 Å². The Hall–Kier alpha value is -1.88. The number of benzene rings is 2. The van der Waals surface area contributed by atoms with E-state index >= 15 is 0 Å². The number of hydrogen-bond acceptors (Lipinski definition) is 2. The summed E-state index contributed by atoms with van der Waals surface area (Å²) in [7, 11) is 3.40. The molecule has 2 rings (SSSR count). The van der Waals surface area contributed by atoms with E-state index in [1.165, 1.54) is 11.0 Å². The standard InChI is InChI=1S/C16H16BrFN2O/c1-20(2)16(21)13-5-3-4-6-15(13)19-10-11-9-12(17)7-8-14(11)18/h3-9,19H,10H2,1-2H3. The van der Waals surface area contributed by atoms with E-state index < -0.39 is 0 Å². The van der Waals surface area contributed by atoms with Crippen LogP contribution in [0, 0.1) is 5.82 Å². The first kappa shape index (κ1) is 15.5. The van der Waals surface area contributed by atoms with Gasteiger partial charge in [-0.3, -0.25) is 4.79 Å². The third kappa shape index (κ3) is 3.82. The fourth-order valence-electron chi connectivity index (χ4n) is 1.93. The molecule has 0 radical (unpaired) electrons. The van der Waals surface area contributed by atoms with Crippen molar-refractivity contribution in [1.82, 2.24) is 4.90 Å². The molecule has 2 aromatic rings. The molecular formula is C16H16BrFN2O. The smallest absolute Gasteiger partial charge is 0.255 e. The van der Waals surface area contributed by atoms with Gasteiger partial charge in [0.1, 0.15) is 5.82 Å². The lowest BCUT2D eigenvalue weighted by Gasteiger charge is -2.15. The van der Waals surface area contributed by atoms with Crippen LogP contribution in [-0.4, -0.2) is 24.9 Å². The van der Waals surface area contributed by atoms with Gasteiger partial charge in [-0.2, -0.15) is 0 Å². The van der Waals surface area contributed by atoms with Gasteiger partial charge in [-0.15, -0.1) is 0 Å². The average molecular weight is 351 g/mol. The number of para-hydroxylation sites is 1. The molecule has 0 bridgehead atoms. The van der Waals surface area contributed by atoms with Gasteiger partial charge in [0.05, 0.1) is 5.56 Å². The van der Waals surface area contributed by atoms with Gasteiger partial charge >= 0.3 is 0 Å². The molecule has 2 aromatic carbocycles. The van der Waals surface area contributed by atoms with Crippen molar-refractivity contribution in [2.45, 2.75) is 6.54 Å². The van der Waals surface area contributed by atoms with Gasteiger partial charge in [0.25, 0.3) is 5.91 Å². The van der Waals surface area contributed by atoms with Crippen molar-refractivity contribution in [3.8, 4) is 0 Å². The normalized spacial score (nSPS) is 10.3. The Labute approximate surface area is 131 Å². The van der Waals surface area contributed by atoms with Crippen LogP contribution in [-0.2, 0) is 6.54 Å². The summed E-state index contributed by atoms with van der Waals surface area (Å²) in [5, 5.41) is 3.13. The van der Waals surface area contributed by atoms with Gasteiger partial charge in [-0.25, -0.2) is 4.39 Å². The number of rotatable bonds is 4. The van der Waals surface area contributed by atoms with Gasteiger partial charge in [0.2, 0.25) is 0 Å². The Morgan fingerprint density at radius 1 is 1.24 bits per heavy atom. The zero-order valence-corrected chi connectivity index (χ0v) is 13.4. The highest BCUT2D eigenvalue weighted by atomic mass is 79.9. The van der Waals surface area contributed by atoms with Crippen molar-refractivity contribution in [2.24, 2.45) is 0 Å². The molecule has 0 aliphatic heterocycles. The molecular weight excluding hydrogens is 335 g/mol. The number of anilines is 1. The summed E-state index contributed by atoms with van der Waals surface area (Å²) in [6.07, 6.45) is 0. The molecule has 1 amide bonds. The summed E-state index contributed by atoms with van der Waals surface area (Å²) in [5.74, 6) is -0.366. The van der Waals surface area contributed by atoms with Crippen LogP contribution in [0.15, 0.2) is 46.9 Å². The second-order valence-electron chi connectivity index (χ2n) is 4.83. The Morgan fingerprint density at radius 2 is 1.95 bits per heavy atom. The summed E-state index contributed by atoms with van der Waals surface area (Å²) in [4.78, 5) is 13.6. The van der Waals surface area contributed by atoms with Crippen molar-refractivity contribution in [3.05, 3.63) is 63.9 Å². The number of nitrogens with one attached hydrogen (secondary N) is 1. The summed E-state index contributed by atoms with van der Waals surface area (Å²) >= 11 is 3.32. The Bertz CT molecular complexity index is 658. The van der Waals surface area contributed by atoms with Crippen molar-refractivity contribution < 1.29 is 9.18 Å². The Balaban J connectivity index is 2.21. The molecule has 0 unspecified atom stereocenters. The molecule has 21 heavy (non-hydrogen) atoms. The highest BCUT2D eigenvalue weighted by molar-refractivity contribution is 9.10. The van der Waals surface area contributed by atoms with Gasteiger partial charge in [-0.05, 0) is 30.3 Å². The molecule has 0 spiro atoms. The Morgan fingerprint density at radius 3 is 2.67 bits per heavy atom. The predicted octanol–water partition coefficient (Wildman–Crippen LogP) is 3.90. The van der Waals surface area contributed by atoms with E-state index in [-0.39, 0.29) is 11.7 Å². The molecule has 5 heteroatoms. The number of halogens is 2. The molecule has 0 fully saturated rings. The van der Waals surface area contributed by atoms with Gasteiger partial charge in [0.15, 0.2) is 0 Å². The number of carbonyl (C=O) groups is 1. The van der Waals surface area contributed by atoms with Crippen LogP contribution in [0.25, 0.3) is 0 Å². The summed E-state index contributed by atoms with van der Waals surface area (Å²) in [5.41, 5.74) is 1.80. The molecule has 0 heterocycles. The van der Waals surface area contributed by atoms with Crippen LogP contribution in [0.2, 0.25) is 0 Å². The largest absolute Gasteiger partial charge is 0.380 e. The molecule has 110 valence electrons. The number of hydrogen-bond donors (Lipinski definition) is 1. The van der Waals surface area contributed by atoms with Crippen LogP contribution in [0.1, 0.15) is 15.9 Å². The first-order chi connectivity index (χ1) is 9.99. The van der Waals surface area contributed by atoms with E-state index in [0.29, 0.717) is 23.4 Å². The first-order valence-electron chi connectivity index (χ1n) is 6.47. The van der Waals surface area contributed by atoms with Gasteiger partial charge < -0.3 is 10.2 Å². The third-order valence-electron chi connectivity index (χ3n) is 3.04. The molecule has 0 saturated heterocycles. The average Bonchev–Trinajstić information content (AvgIpc) is 2.47. The summed E-state index contributed by atoms with van der Waals surface area (Å²) < 4.78 is 14.5. The zero-order chi connectivity index (χ0) is 15.4. The summed E-state index contributed by atoms with van der Waals surface area (Å²) in [6.45, 7) is 0.309. The molecule has 3 nitrogen and oxygen atoms in total. The SMILES string of the molecule is CN(C)C(=O)c1ccccc1NCc1cc(Br)ccc1F. The highest BCUT2D eigenvalue weighted by Crippen LogP contribution is 2.20. The second kappa shape index (κ2) is 6.72. The molecule has 0 aromatic heterocycles. The zero-order valence-electron chi connectivity index (χ0n) is 11.9. The fraction of sp³-hybridized carbons (Fsp3) is 0.188. The molecule has 1 N–H and O–H groups in total. The molecule has 0 saturated carbocycles. The number of carbonyl (C=O) groups excluding carboxylic acids is 1. The van der Waals surface area contributed by atoms with E-state index in [1.807, 2.05) is 18.2 Å². The van der Waals surface area contributed by atoms with Crippen LogP contribution in [0.4, 0.5) is 10.1 Å². The van der Waals surface area contributed by atoms with Gasteiger partial charge in [0, 0.05) is 36.4 Å². The van der Waals surface area contributed by atoms with E-state index in [2.05, 4.69) is 21.2 Å². The lowest BCUT2D eigenvalue weighted by Crippen LogP contribution is -2.22. The Kier molecular flexibility index (Phi) is 4.96. The minimum Gasteiger partial charge on any atom is -0.380 e.